The van der Waals surface area contributed by atoms with Crippen LogP contribution in [0.25, 0.3) is 22.1 Å². The van der Waals surface area contributed by atoms with E-state index in [1.807, 2.05) is 24.3 Å². The lowest BCUT2D eigenvalue weighted by atomic mass is 10.2. The molecule has 140 valence electrons. The van der Waals surface area contributed by atoms with E-state index in [1.54, 1.807) is 6.92 Å². The van der Waals surface area contributed by atoms with Crippen molar-refractivity contribution in [3.8, 4) is 0 Å². The third-order valence-corrected chi connectivity index (χ3v) is 4.96. The topological polar surface area (TPSA) is 111 Å². The lowest BCUT2D eigenvalue weighted by Gasteiger charge is -2.05. The minimum atomic E-state index is -0.489. The molecule has 8 nitrogen and oxygen atoms in total. The molecule has 0 spiro atoms. The minimum Gasteiger partial charge on any atom is -0.451 e. The summed E-state index contributed by atoms with van der Waals surface area (Å²) < 4.78 is 5.88. The highest BCUT2D eigenvalue weighted by Crippen LogP contribution is 2.33. The number of carbonyl (C=O) groups excluding carboxylic acids is 1. The maximum absolute atomic E-state index is 12.3. The molecule has 0 atom stereocenters. The lowest BCUT2D eigenvalue weighted by molar-refractivity contribution is -0.384. The Hall–Kier alpha value is -3.46. The van der Waals surface area contributed by atoms with Crippen LogP contribution in [0.3, 0.4) is 0 Å². The quantitative estimate of drug-likeness (QED) is 0.232. The van der Waals surface area contributed by atoms with E-state index in [0.29, 0.717) is 22.1 Å². The van der Waals surface area contributed by atoms with Crippen molar-refractivity contribution in [3.05, 3.63) is 64.5 Å². The largest absolute Gasteiger partial charge is 0.451 e. The number of furan rings is 1. The van der Waals surface area contributed by atoms with Crippen molar-refractivity contribution in [2.75, 3.05) is 11.1 Å². The molecule has 9 heteroatoms. The predicted molar refractivity (Wildman–Crippen MR) is 106 cm³/mol. The summed E-state index contributed by atoms with van der Waals surface area (Å²) in [6.45, 7) is 1.79. The SMILES string of the molecule is Cc1nc(SCC(=O)Nc2ccc([N+](=O)[O-])cc2)c2oc3ccccc3c2n1. The average molecular weight is 394 g/mol. The molecule has 4 rings (SSSR count). The molecular formula is C19H14N4O4S. The second kappa shape index (κ2) is 7.28. The Kier molecular flexibility index (Phi) is 4.66. The number of amides is 1. The van der Waals surface area contributed by atoms with Gasteiger partial charge in [-0.15, -0.1) is 0 Å². The Balaban J connectivity index is 1.52. The van der Waals surface area contributed by atoms with Crippen LogP contribution in [0.2, 0.25) is 0 Å². The number of para-hydroxylation sites is 1. The summed E-state index contributed by atoms with van der Waals surface area (Å²) in [5, 5.41) is 14.9. The van der Waals surface area contributed by atoms with Crippen molar-refractivity contribution in [1.82, 2.24) is 9.97 Å². The highest BCUT2D eigenvalue weighted by molar-refractivity contribution is 8.00. The van der Waals surface area contributed by atoms with Gasteiger partial charge in [-0.05, 0) is 31.2 Å². The molecule has 1 amide bonds. The van der Waals surface area contributed by atoms with Crippen LogP contribution >= 0.6 is 11.8 Å². The van der Waals surface area contributed by atoms with Crippen LogP contribution in [-0.2, 0) is 4.79 Å². The monoisotopic (exact) mass is 394 g/mol. The number of nitrogens with zero attached hydrogens (tertiary/aromatic N) is 3. The van der Waals surface area contributed by atoms with Gasteiger partial charge in [0, 0.05) is 23.2 Å². The first-order chi connectivity index (χ1) is 13.5. The highest BCUT2D eigenvalue weighted by atomic mass is 32.2. The maximum Gasteiger partial charge on any atom is 0.269 e. The van der Waals surface area contributed by atoms with Gasteiger partial charge in [0.15, 0.2) is 5.58 Å². The van der Waals surface area contributed by atoms with Crippen LogP contribution in [0.15, 0.2) is 58.0 Å². The number of rotatable bonds is 5. The average Bonchev–Trinajstić information content (AvgIpc) is 3.05. The third kappa shape index (κ3) is 3.52. The molecule has 2 aromatic carbocycles. The van der Waals surface area contributed by atoms with Gasteiger partial charge in [0.1, 0.15) is 22.0 Å². The molecule has 0 bridgehead atoms. The predicted octanol–water partition coefficient (Wildman–Crippen LogP) is 4.32. The molecular weight excluding hydrogens is 380 g/mol. The summed E-state index contributed by atoms with van der Waals surface area (Å²) in [5.74, 6) is 0.455. The van der Waals surface area contributed by atoms with Gasteiger partial charge in [-0.2, -0.15) is 0 Å². The van der Waals surface area contributed by atoms with Gasteiger partial charge in [-0.3, -0.25) is 14.9 Å². The molecule has 1 N–H and O–H groups in total. The fraction of sp³-hybridized carbons (Fsp3) is 0.105. The number of aryl methyl sites for hydroxylation is 1. The Labute approximate surface area is 163 Å². The van der Waals surface area contributed by atoms with Crippen LogP contribution in [0.1, 0.15) is 5.82 Å². The lowest BCUT2D eigenvalue weighted by Crippen LogP contribution is -2.14. The van der Waals surface area contributed by atoms with Crippen molar-refractivity contribution < 1.29 is 14.1 Å². The van der Waals surface area contributed by atoms with E-state index in [2.05, 4.69) is 15.3 Å². The van der Waals surface area contributed by atoms with E-state index in [4.69, 9.17) is 4.42 Å². The maximum atomic E-state index is 12.3. The van der Waals surface area contributed by atoms with E-state index in [9.17, 15) is 14.9 Å². The number of fused-ring (bicyclic) bond motifs is 3. The second-order valence-electron chi connectivity index (χ2n) is 5.99. The Morgan fingerprint density at radius 2 is 1.93 bits per heavy atom. The molecule has 4 aromatic rings. The molecule has 0 aliphatic heterocycles. The molecule has 2 aromatic heterocycles. The Morgan fingerprint density at radius 3 is 2.68 bits per heavy atom. The molecule has 0 unspecified atom stereocenters. The summed E-state index contributed by atoms with van der Waals surface area (Å²) in [7, 11) is 0. The standard InChI is InChI=1S/C19H14N4O4S/c1-11-20-17-14-4-2-3-5-15(14)27-18(17)19(21-11)28-10-16(24)22-12-6-8-13(9-7-12)23(25)26/h2-9H,10H2,1H3,(H,22,24). The number of aromatic nitrogens is 2. The number of nitro groups is 1. The minimum absolute atomic E-state index is 0.0314. The zero-order valence-corrected chi connectivity index (χ0v) is 15.5. The first-order valence-electron chi connectivity index (χ1n) is 8.34. The van der Waals surface area contributed by atoms with Crippen LogP contribution in [0.5, 0.6) is 0 Å². The van der Waals surface area contributed by atoms with E-state index in [-0.39, 0.29) is 17.3 Å². The number of hydrogen-bond acceptors (Lipinski definition) is 7. The molecule has 28 heavy (non-hydrogen) atoms. The number of nitro benzene ring substituents is 1. The van der Waals surface area contributed by atoms with Gasteiger partial charge in [0.25, 0.3) is 5.69 Å². The van der Waals surface area contributed by atoms with Crippen molar-refractivity contribution in [2.24, 2.45) is 0 Å². The van der Waals surface area contributed by atoms with E-state index in [1.165, 1.54) is 36.0 Å². The van der Waals surface area contributed by atoms with Gasteiger partial charge in [0.05, 0.1) is 10.7 Å². The number of nitrogens with one attached hydrogen (secondary N) is 1. The highest BCUT2D eigenvalue weighted by Gasteiger charge is 2.16. The van der Waals surface area contributed by atoms with E-state index >= 15 is 0 Å². The van der Waals surface area contributed by atoms with Gasteiger partial charge in [-0.1, -0.05) is 23.9 Å². The number of anilines is 1. The van der Waals surface area contributed by atoms with E-state index < -0.39 is 4.92 Å². The van der Waals surface area contributed by atoms with E-state index in [0.717, 1.165) is 16.5 Å². The van der Waals surface area contributed by atoms with Crippen LogP contribution < -0.4 is 5.32 Å². The van der Waals surface area contributed by atoms with Gasteiger partial charge >= 0.3 is 0 Å². The second-order valence-corrected chi connectivity index (χ2v) is 6.96. The molecule has 0 radical (unpaired) electrons. The van der Waals surface area contributed by atoms with Crippen molar-refractivity contribution >= 4 is 51.1 Å². The summed E-state index contributed by atoms with van der Waals surface area (Å²) >= 11 is 1.25. The number of carbonyl (C=O) groups is 1. The number of benzene rings is 2. The molecule has 0 aliphatic carbocycles. The third-order valence-electron chi connectivity index (χ3n) is 4.00. The number of thioether (sulfide) groups is 1. The van der Waals surface area contributed by atoms with Gasteiger partial charge in [-0.25, -0.2) is 9.97 Å². The zero-order valence-electron chi connectivity index (χ0n) is 14.7. The summed E-state index contributed by atoms with van der Waals surface area (Å²) in [6, 6.07) is 13.3. The molecule has 0 fully saturated rings. The summed E-state index contributed by atoms with van der Waals surface area (Å²) in [5.41, 5.74) is 2.45. The summed E-state index contributed by atoms with van der Waals surface area (Å²) in [6.07, 6.45) is 0. The smallest absolute Gasteiger partial charge is 0.269 e. The zero-order chi connectivity index (χ0) is 19.7. The van der Waals surface area contributed by atoms with Crippen LogP contribution in [-0.4, -0.2) is 26.6 Å². The van der Waals surface area contributed by atoms with Gasteiger partial charge < -0.3 is 9.73 Å². The fourth-order valence-corrected chi connectivity index (χ4v) is 3.57. The Morgan fingerprint density at radius 1 is 1.18 bits per heavy atom. The van der Waals surface area contributed by atoms with Crippen molar-refractivity contribution in [3.63, 3.8) is 0 Å². The first-order valence-corrected chi connectivity index (χ1v) is 9.33. The van der Waals surface area contributed by atoms with Crippen LogP contribution in [0, 0.1) is 17.0 Å². The number of non-ortho nitro benzene ring substituents is 1. The summed E-state index contributed by atoms with van der Waals surface area (Å²) in [4.78, 5) is 31.3. The Bertz CT molecular complexity index is 1200. The molecule has 0 saturated carbocycles. The number of hydrogen-bond donors (Lipinski definition) is 1. The first kappa shape index (κ1) is 17.9. The van der Waals surface area contributed by atoms with Crippen molar-refractivity contribution in [1.29, 1.82) is 0 Å². The normalized spacial score (nSPS) is 11.0. The fourth-order valence-electron chi connectivity index (χ4n) is 2.77. The van der Waals surface area contributed by atoms with Crippen molar-refractivity contribution in [2.45, 2.75) is 11.9 Å². The van der Waals surface area contributed by atoms with Gasteiger partial charge in [0.2, 0.25) is 5.91 Å². The molecule has 2 heterocycles. The molecule has 0 aliphatic rings. The van der Waals surface area contributed by atoms with Crippen LogP contribution in [0.4, 0.5) is 11.4 Å². The molecule has 0 saturated heterocycles.